The Labute approximate surface area is 99.4 Å². The van der Waals surface area contributed by atoms with Crippen LogP contribution in [0.5, 0.6) is 0 Å². The molecule has 0 bridgehead atoms. The first-order chi connectivity index (χ1) is 8.16. The minimum atomic E-state index is -0.347. The first-order valence-corrected chi connectivity index (χ1v) is 5.89. The van der Waals surface area contributed by atoms with Crippen molar-refractivity contribution in [2.75, 3.05) is 18.4 Å². The first-order valence-electron chi connectivity index (χ1n) is 5.89. The highest BCUT2D eigenvalue weighted by Gasteiger charge is 2.52. The van der Waals surface area contributed by atoms with E-state index < -0.39 is 0 Å². The molecule has 1 aliphatic heterocycles. The fourth-order valence-corrected chi connectivity index (χ4v) is 2.69. The van der Waals surface area contributed by atoms with Crippen LogP contribution >= 0.6 is 0 Å². The zero-order valence-corrected chi connectivity index (χ0v) is 9.64. The Kier molecular flexibility index (Phi) is 2.29. The van der Waals surface area contributed by atoms with Gasteiger partial charge in [-0.05, 0) is 24.3 Å². The predicted octanol–water partition coefficient (Wildman–Crippen LogP) is 1.53. The standard InChI is InChI=1S/C12H15N3O2/c1-7-2-3-8(15(16)17)4-11(7)14-12-9-5-13-6-10(9)12/h2-4,9-10,12-14H,5-6H2,1H3. The van der Waals surface area contributed by atoms with Gasteiger partial charge in [0.05, 0.1) is 4.92 Å². The molecule has 1 saturated heterocycles. The summed E-state index contributed by atoms with van der Waals surface area (Å²) in [7, 11) is 0. The van der Waals surface area contributed by atoms with E-state index in [0.29, 0.717) is 17.9 Å². The van der Waals surface area contributed by atoms with Crippen molar-refractivity contribution >= 4 is 11.4 Å². The van der Waals surface area contributed by atoms with E-state index in [2.05, 4.69) is 10.6 Å². The van der Waals surface area contributed by atoms with E-state index in [1.165, 1.54) is 0 Å². The van der Waals surface area contributed by atoms with E-state index in [4.69, 9.17) is 0 Å². The third-order valence-electron chi connectivity index (χ3n) is 3.85. The Hall–Kier alpha value is -1.62. The number of aryl methyl sites for hydroxylation is 1. The van der Waals surface area contributed by atoms with Crippen LogP contribution in [0.15, 0.2) is 18.2 Å². The van der Waals surface area contributed by atoms with Crippen molar-refractivity contribution in [1.29, 1.82) is 0 Å². The predicted molar refractivity (Wildman–Crippen MR) is 65.1 cm³/mol. The Morgan fingerprint density at radius 1 is 1.41 bits per heavy atom. The second kappa shape index (κ2) is 3.70. The van der Waals surface area contributed by atoms with E-state index in [1.54, 1.807) is 18.2 Å². The first kappa shape index (κ1) is 10.5. The number of nitro groups is 1. The van der Waals surface area contributed by atoms with Crippen molar-refractivity contribution in [3.63, 3.8) is 0 Å². The molecule has 1 saturated carbocycles. The highest BCUT2D eigenvalue weighted by molar-refractivity contribution is 5.58. The number of fused-ring (bicyclic) bond motifs is 1. The molecule has 1 heterocycles. The third-order valence-corrected chi connectivity index (χ3v) is 3.85. The van der Waals surface area contributed by atoms with Crippen LogP contribution in [0, 0.1) is 28.9 Å². The number of benzene rings is 1. The van der Waals surface area contributed by atoms with Gasteiger partial charge in [-0.15, -0.1) is 0 Å². The average molecular weight is 233 g/mol. The van der Waals surface area contributed by atoms with Gasteiger partial charge in [0.1, 0.15) is 0 Å². The summed E-state index contributed by atoms with van der Waals surface area (Å²) in [6, 6.07) is 5.49. The summed E-state index contributed by atoms with van der Waals surface area (Å²) >= 11 is 0. The van der Waals surface area contributed by atoms with E-state index in [0.717, 1.165) is 24.3 Å². The summed E-state index contributed by atoms with van der Waals surface area (Å²) in [4.78, 5) is 10.4. The molecule has 0 radical (unpaired) electrons. The number of hydrogen-bond acceptors (Lipinski definition) is 4. The molecule has 0 spiro atoms. The minimum absolute atomic E-state index is 0.155. The quantitative estimate of drug-likeness (QED) is 0.613. The van der Waals surface area contributed by atoms with E-state index in [-0.39, 0.29) is 10.6 Å². The number of piperidine rings is 1. The van der Waals surface area contributed by atoms with Gasteiger partial charge in [-0.25, -0.2) is 0 Å². The molecule has 1 aromatic carbocycles. The zero-order valence-electron chi connectivity index (χ0n) is 9.64. The highest BCUT2D eigenvalue weighted by Crippen LogP contribution is 2.44. The Balaban J connectivity index is 1.78. The molecule has 3 rings (SSSR count). The lowest BCUT2D eigenvalue weighted by molar-refractivity contribution is -0.384. The molecule has 0 amide bonds. The Morgan fingerprint density at radius 2 is 2.12 bits per heavy atom. The number of nitrogens with zero attached hydrogens (tertiary/aromatic N) is 1. The number of non-ortho nitro benzene ring substituents is 1. The van der Waals surface area contributed by atoms with E-state index in [9.17, 15) is 10.1 Å². The summed E-state index contributed by atoms with van der Waals surface area (Å²) < 4.78 is 0. The zero-order chi connectivity index (χ0) is 12.0. The number of hydrogen-bond donors (Lipinski definition) is 2. The molecule has 0 aromatic heterocycles. The largest absolute Gasteiger partial charge is 0.381 e. The van der Waals surface area contributed by atoms with Gasteiger partial charge in [0.25, 0.3) is 5.69 Å². The average Bonchev–Trinajstić information content (AvgIpc) is 2.75. The van der Waals surface area contributed by atoms with Crippen molar-refractivity contribution in [2.24, 2.45) is 11.8 Å². The van der Waals surface area contributed by atoms with Gasteiger partial charge in [0.15, 0.2) is 0 Å². The van der Waals surface area contributed by atoms with Crippen LogP contribution in [0.1, 0.15) is 5.56 Å². The summed E-state index contributed by atoms with van der Waals surface area (Å²) in [5, 5.41) is 17.5. The van der Waals surface area contributed by atoms with Gasteiger partial charge in [-0.2, -0.15) is 0 Å². The summed E-state index contributed by atoms with van der Waals surface area (Å²) in [5.74, 6) is 1.40. The Morgan fingerprint density at radius 3 is 2.76 bits per heavy atom. The Bertz CT molecular complexity index is 465. The lowest BCUT2D eigenvalue weighted by Gasteiger charge is -2.11. The van der Waals surface area contributed by atoms with E-state index >= 15 is 0 Å². The molecule has 1 aliphatic carbocycles. The fourth-order valence-electron chi connectivity index (χ4n) is 2.69. The molecular formula is C12H15N3O2. The number of nitro benzene ring substituents is 1. The van der Waals surface area contributed by atoms with Crippen LogP contribution in [-0.4, -0.2) is 24.1 Å². The lowest BCUT2D eigenvalue weighted by atomic mass is 10.1. The topological polar surface area (TPSA) is 67.2 Å². The van der Waals surface area contributed by atoms with Crippen LogP contribution in [-0.2, 0) is 0 Å². The summed E-state index contributed by atoms with van der Waals surface area (Å²) in [6.45, 7) is 4.11. The molecule has 2 atom stereocenters. The second-order valence-electron chi connectivity index (χ2n) is 4.91. The minimum Gasteiger partial charge on any atom is -0.381 e. The SMILES string of the molecule is Cc1ccc([N+](=O)[O-])cc1NC1C2CNCC21. The molecule has 2 aliphatic rings. The van der Waals surface area contributed by atoms with Gasteiger partial charge in [-0.3, -0.25) is 10.1 Å². The van der Waals surface area contributed by atoms with Gasteiger partial charge in [-0.1, -0.05) is 6.07 Å². The van der Waals surface area contributed by atoms with Crippen molar-refractivity contribution in [3.8, 4) is 0 Å². The van der Waals surface area contributed by atoms with Gasteiger partial charge < -0.3 is 10.6 Å². The van der Waals surface area contributed by atoms with Crippen molar-refractivity contribution in [1.82, 2.24) is 5.32 Å². The number of anilines is 1. The molecule has 90 valence electrons. The lowest BCUT2D eigenvalue weighted by Crippen LogP contribution is -2.21. The maximum atomic E-state index is 10.7. The van der Waals surface area contributed by atoms with Crippen molar-refractivity contribution < 1.29 is 4.92 Å². The maximum absolute atomic E-state index is 10.7. The number of nitrogens with one attached hydrogen (secondary N) is 2. The summed E-state index contributed by atoms with van der Waals surface area (Å²) in [6.07, 6.45) is 0. The molecule has 2 fully saturated rings. The molecule has 5 heteroatoms. The normalized spacial score (nSPS) is 29.8. The maximum Gasteiger partial charge on any atom is 0.271 e. The second-order valence-corrected chi connectivity index (χ2v) is 4.91. The van der Waals surface area contributed by atoms with E-state index in [1.807, 2.05) is 6.92 Å². The molecule has 2 N–H and O–H groups in total. The van der Waals surface area contributed by atoms with Crippen molar-refractivity contribution in [3.05, 3.63) is 33.9 Å². The molecule has 17 heavy (non-hydrogen) atoms. The number of rotatable bonds is 3. The molecule has 1 aromatic rings. The van der Waals surface area contributed by atoms with Crippen LogP contribution in [0.2, 0.25) is 0 Å². The van der Waals surface area contributed by atoms with Crippen LogP contribution < -0.4 is 10.6 Å². The van der Waals surface area contributed by atoms with Gasteiger partial charge in [0, 0.05) is 37.0 Å². The fraction of sp³-hybridized carbons (Fsp3) is 0.500. The van der Waals surface area contributed by atoms with Crippen LogP contribution in [0.25, 0.3) is 0 Å². The van der Waals surface area contributed by atoms with Gasteiger partial charge >= 0.3 is 0 Å². The third kappa shape index (κ3) is 1.76. The smallest absolute Gasteiger partial charge is 0.271 e. The van der Waals surface area contributed by atoms with Crippen LogP contribution in [0.4, 0.5) is 11.4 Å². The molecule has 2 unspecified atom stereocenters. The highest BCUT2D eigenvalue weighted by atomic mass is 16.6. The molecule has 5 nitrogen and oxygen atoms in total. The molecular weight excluding hydrogens is 218 g/mol. The van der Waals surface area contributed by atoms with Crippen molar-refractivity contribution in [2.45, 2.75) is 13.0 Å². The monoisotopic (exact) mass is 233 g/mol. The van der Waals surface area contributed by atoms with Gasteiger partial charge in [0.2, 0.25) is 0 Å². The summed E-state index contributed by atoms with van der Waals surface area (Å²) in [5.41, 5.74) is 2.12. The van der Waals surface area contributed by atoms with Crippen LogP contribution in [0.3, 0.4) is 0 Å².